The SMILES string of the molecule is CSc1ccc(C(C)NC2CC(C(C)C)C2)cc1. The van der Waals surface area contributed by atoms with Gasteiger partial charge in [0, 0.05) is 17.0 Å². The van der Waals surface area contributed by atoms with Crippen LogP contribution < -0.4 is 5.32 Å². The van der Waals surface area contributed by atoms with Gasteiger partial charge in [-0.1, -0.05) is 26.0 Å². The second-order valence-electron chi connectivity index (χ2n) is 5.83. The summed E-state index contributed by atoms with van der Waals surface area (Å²) in [6.07, 6.45) is 4.83. The van der Waals surface area contributed by atoms with Crippen LogP contribution in [0.5, 0.6) is 0 Å². The predicted octanol–water partition coefficient (Wildman–Crippen LogP) is 4.49. The lowest BCUT2D eigenvalue weighted by molar-refractivity contribution is 0.159. The molecule has 1 aliphatic rings. The molecule has 1 aliphatic carbocycles. The van der Waals surface area contributed by atoms with Crippen molar-refractivity contribution in [3.8, 4) is 0 Å². The van der Waals surface area contributed by atoms with Crippen molar-refractivity contribution in [2.75, 3.05) is 6.26 Å². The number of rotatable bonds is 5. The molecule has 1 aromatic carbocycles. The molecule has 1 unspecified atom stereocenters. The number of hydrogen-bond acceptors (Lipinski definition) is 2. The summed E-state index contributed by atoms with van der Waals surface area (Å²) >= 11 is 1.80. The van der Waals surface area contributed by atoms with Gasteiger partial charge in [0.1, 0.15) is 0 Å². The molecule has 18 heavy (non-hydrogen) atoms. The smallest absolute Gasteiger partial charge is 0.0294 e. The summed E-state index contributed by atoms with van der Waals surface area (Å²) in [5.41, 5.74) is 1.40. The molecule has 2 rings (SSSR count). The van der Waals surface area contributed by atoms with Gasteiger partial charge in [0.2, 0.25) is 0 Å². The van der Waals surface area contributed by atoms with Gasteiger partial charge in [-0.3, -0.25) is 0 Å². The van der Waals surface area contributed by atoms with Gasteiger partial charge in [-0.25, -0.2) is 0 Å². The van der Waals surface area contributed by atoms with E-state index in [0.29, 0.717) is 6.04 Å². The van der Waals surface area contributed by atoms with Crippen molar-refractivity contribution in [3.63, 3.8) is 0 Å². The normalized spacial score (nSPS) is 24.9. The van der Waals surface area contributed by atoms with Crippen molar-refractivity contribution in [1.29, 1.82) is 0 Å². The lowest BCUT2D eigenvalue weighted by Crippen LogP contribution is -2.43. The van der Waals surface area contributed by atoms with Crippen LogP contribution in [0.3, 0.4) is 0 Å². The molecule has 0 radical (unpaired) electrons. The summed E-state index contributed by atoms with van der Waals surface area (Å²) in [7, 11) is 0. The molecule has 1 saturated carbocycles. The molecule has 0 amide bonds. The van der Waals surface area contributed by atoms with Crippen LogP contribution in [0.1, 0.15) is 45.2 Å². The fourth-order valence-corrected chi connectivity index (χ4v) is 3.09. The highest BCUT2D eigenvalue weighted by molar-refractivity contribution is 7.98. The maximum Gasteiger partial charge on any atom is 0.0294 e. The number of benzene rings is 1. The molecule has 1 nitrogen and oxygen atoms in total. The number of thioether (sulfide) groups is 1. The largest absolute Gasteiger partial charge is 0.307 e. The minimum atomic E-state index is 0.471. The summed E-state index contributed by atoms with van der Waals surface area (Å²) in [6, 6.07) is 10.1. The van der Waals surface area contributed by atoms with Crippen LogP contribution in [0.15, 0.2) is 29.2 Å². The third-order valence-corrected chi connectivity index (χ3v) is 4.96. The maximum atomic E-state index is 3.75. The van der Waals surface area contributed by atoms with Gasteiger partial charge in [0.15, 0.2) is 0 Å². The van der Waals surface area contributed by atoms with E-state index in [1.165, 1.54) is 23.3 Å². The monoisotopic (exact) mass is 263 g/mol. The molecule has 1 aromatic rings. The first-order chi connectivity index (χ1) is 8.60. The Morgan fingerprint density at radius 1 is 1.11 bits per heavy atom. The van der Waals surface area contributed by atoms with E-state index in [4.69, 9.17) is 0 Å². The van der Waals surface area contributed by atoms with Crippen LogP contribution in [-0.4, -0.2) is 12.3 Å². The molecule has 1 fully saturated rings. The lowest BCUT2D eigenvalue weighted by Gasteiger charge is -2.40. The Labute approximate surface area is 116 Å². The Morgan fingerprint density at radius 3 is 2.22 bits per heavy atom. The summed E-state index contributed by atoms with van der Waals surface area (Å²) in [4.78, 5) is 1.34. The van der Waals surface area contributed by atoms with E-state index < -0.39 is 0 Å². The van der Waals surface area contributed by atoms with E-state index in [2.05, 4.69) is 56.6 Å². The van der Waals surface area contributed by atoms with Crippen molar-refractivity contribution in [2.45, 2.75) is 50.6 Å². The van der Waals surface area contributed by atoms with Crippen molar-refractivity contribution >= 4 is 11.8 Å². The van der Waals surface area contributed by atoms with E-state index in [9.17, 15) is 0 Å². The summed E-state index contributed by atoms with van der Waals surface area (Å²) in [5.74, 6) is 1.78. The van der Waals surface area contributed by atoms with Crippen LogP contribution in [0.25, 0.3) is 0 Å². The van der Waals surface area contributed by atoms with Gasteiger partial charge in [-0.2, -0.15) is 0 Å². The number of hydrogen-bond donors (Lipinski definition) is 1. The van der Waals surface area contributed by atoms with Gasteiger partial charge in [0.05, 0.1) is 0 Å². The van der Waals surface area contributed by atoms with Crippen molar-refractivity contribution in [2.24, 2.45) is 11.8 Å². The Bertz CT molecular complexity index is 365. The molecule has 0 aromatic heterocycles. The van der Waals surface area contributed by atoms with Crippen molar-refractivity contribution in [3.05, 3.63) is 29.8 Å². The molecule has 0 spiro atoms. The van der Waals surface area contributed by atoms with Gasteiger partial charge >= 0.3 is 0 Å². The molecule has 1 atom stereocenters. The minimum absolute atomic E-state index is 0.471. The second-order valence-corrected chi connectivity index (χ2v) is 6.71. The van der Waals surface area contributed by atoms with E-state index in [1.54, 1.807) is 11.8 Å². The van der Waals surface area contributed by atoms with E-state index in [1.807, 2.05) is 0 Å². The second kappa shape index (κ2) is 6.12. The Balaban J connectivity index is 1.83. The number of nitrogens with one attached hydrogen (secondary N) is 1. The molecular weight excluding hydrogens is 238 g/mol. The van der Waals surface area contributed by atoms with Crippen LogP contribution in [0.2, 0.25) is 0 Å². The molecule has 1 N–H and O–H groups in total. The lowest BCUT2D eigenvalue weighted by atomic mass is 9.73. The van der Waals surface area contributed by atoms with Crippen LogP contribution in [0.4, 0.5) is 0 Å². The molecule has 2 heteroatoms. The average Bonchev–Trinajstić information content (AvgIpc) is 2.32. The third kappa shape index (κ3) is 3.30. The van der Waals surface area contributed by atoms with Crippen LogP contribution in [0, 0.1) is 11.8 Å². The van der Waals surface area contributed by atoms with E-state index >= 15 is 0 Å². The highest BCUT2D eigenvalue weighted by atomic mass is 32.2. The van der Waals surface area contributed by atoms with Gasteiger partial charge in [0.25, 0.3) is 0 Å². The topological polar surface area (TPSA) is 12.0 Å². The zero-order valence-corrected chi connectivity index (χ0v) is 12.8. The highest BCUT2D eigenvalue weighted by Gasteiger charge is 2.31. The molecule has 0 bridgehead atoms. The van der Waals surface area contributed by atoms with Crippen LogP contribution in [-0.2, 0) is 0 Å². The quantitative estimate of drug-likeness (QED) is 0.785. The zero-order chi connectivity index (χ0) is 13.1. The predicted molar refractivity (Wildman–Crippen MR) is 81.1 cm³/mol. The van der Waals surface area contributed by atoms with Crippen molar-refractivity contribution < 1.29 is 0 Å². The zero-order valence-electron chi connectivity index (χ0n) is 11.9. The standard InChI is InChI=1S/C16H25NS/c1-11(2)14-9-15(10-14)17-12(3)13-5-7-16(18-4)8-6-13/h5-8,11-12,14-15,17H,9-10H2,1-4H3. The minimum Gasteiger partial charge on any atom is -0.307 e. The highest BCUT2D eigenvalue weighted by Crippen LogP contribution is 2.34. The van der Waals surface area contributed by atoms with Gasteiger partial charge in [-0.05, 0) is 55.6 Å². The van der Waals surface area contributed by atoms with Crippen LogP contribution >= 0.6 is 11.8 Å². The van der Waals surface area contributed by atoms with E-state index in [-0.39, 0.29) is 0 Å². The molecule has 0 saturated heterocycles. The fourth-order valence-electron chi connectivity index (χ4n) is 2.68. The fraction of sp³-hybridized carbons (Fsp3) is 0.625. The summed E-state index contributed by atoms with van der Waals surface area (Å²) < 4.78 is 0. The van der Waals surface area contributed by atoms with Crippen molar-refractivity contribution in [1.82, 2.24) is 5.32 Å². The van der Waals surface area contributed by atoms with Gasteiger partial charge < -0.3 is 5.32 Å². The average molecular weight is 263 g/mol. The first-order valence-electron chi connectivity index (χ1n) is 7.00. The van der Waals surface area contributed by atoms with Gasteiger partial charge in [-0.15, -0.1) is 11.8 Å². The maximum absolute atomic E-state index is 3.75. The molecular formula is C16H25NS. The Kier molecular flexibility index (Phi) is 4.74. The summed E-state index contributed by atoms with van der Waals surface area (Å²) in [6.45, 7) is 6.95. The first-order valence-corrected chi connectivity index (χ1v) is 8.22. The summed E-state index contributed by atoms with van der Waals surface area (Å²) in [5, 5.41) is 3.75. The molecule has 0 heterocycles. The third-order valence-electron chi connectivity index (χ3n) is 4.22. The Hall–Kier alpha value is -0.470. The molecule has 0 aliphatic heterocycles. The first kappa shape index (κ1) is 14.0. The molecule has 100 valence electrons. The Morgan fingerprint density at radius 2 is 1.72 bits per heavy atom. The van der Waals surface area contributed by atoms with E-state index in [0.717, 1.165) is 17.9 Å².